The van der Waals surface area contributed by atoms with E-state index in [0.29, 0.717) is 30.4 Å². The average Bonchev–Trinajstić information content (AvgIpc) is 3.07. The lowest BCUT2D eigenvalue weighted by molar-refractivity contribution is 0.252. The van der Waals surface area contributed by atoms with E-state index in [4.69, 9.17) is 0 Å². The zero-order valence-corrected chi connectivity index (χ0v) is 15.7. The Balaban J connectivity index is 1.74. The number of amides is 2. The lowest BCUT2D eigenvalue weighted by atomic mass is 9.99. The van der Waals surface area contributed by atoms with E-state index in [1.54, 1.807) is 29.2 Å². The maximum absolute atomic E-state index is 12.6. The summed E-state index contributed by atoms with van der Waals surface area (Å²) in [6.07, 6.45) is 1.03. The zero-order chi connectivity index (χ0) is 18.7. The molecule has 0 bridgehead atoms. The van der Waals surface area contributed by atoms with Crippen molar-refractivity contribution in [2.45, 2.75) is 31.1 Å². The van der Waals surface area contributed by atoms with Crippen LogP contribution in [-0.4, -0.2) is 27.5 Å². The van der Waals surface area contributed by atoms with Crippen LogP contribution in [0.25, 0.3) is 0 Å². The number of sulfonamides is 1. The summed E-state index contributed by atoms with van der Waals surface area (Å²) in [5.41, 5.74) is 2.39. The first-order valence-corrected chi connectivity index (χ1v) is 10.2. The van der Waals surface area contributed by atoms with Crippen molar-refractivity contribution in [2.24, 2.45) is 0 Å². The number of nitrogens with zero attached hydrogens (tertiary/aromatic N) is 1. The fourth-order valence-corrected chi connectivity index (χ4v) is 3.91. The predicted molar refractivity (Wildman–Crippen MR) is 103 cm³/mol. The number of nitrogens with one attached hydrogen (secondary N) is 2. The normalized spacial score (nSPS) is 15.6. The van der Waals surface area contributed by atoms with Crippen molar-refractivity contribution in [3.05, 3.63) is 54.1 Å². The van der Waals surface area contributed by atoms with Crippen molar-refractivity contribution in [1.82, 2.24) is 5.32 Å². The lowest BCUT2D eigenvalue weighted by Crippen LogP contribution is -2.27. The van der Waals surface area contributed by atoms with Crippen molar-refractivity contribution in [3.63, 3.8) is 0 Å². The summed E-state index contributed by atoms with van der Waals surface area (Å²) in [7, 11) is -3.67. The SMILES string of the molecule is CCC(C)c1ccc(NS(=O)(=O)c2ccc(N3CCNC3=O)cc2)cc1. The first-order chi connectivity index (χ1) is 12.4. The summed E-state index contributed by atoms with van der Waals surface area (Å²) < 4.78 is 27.7. The molecule has 1 aliphatic heterocycles. The molecule has 3 rings (SSSR count). The van der Waals surface area contributed by atoms with Crippen molar-refractivity contribution in [3.8, 4) is 0 Å². The molecule has 1 saturated heterocycles. The third-order valence-electron chi connectivity index (χ3n) is 4.66. The second-order valence-corrected chi connectivity index (χ2v) is 8.10. The highest BCUT2D eigenvalue weighted by Crippen LogP contribution is 2.24. The standard InChI is InChI=1S/C19H23N3O3S/c1-3-14(2)15-4-6-16(7-5-15)21-26(24,25)18-10-8-17(9-11-18)22-13-12-20-19(22)23/h4-11,14,21H,3,12-13H2,1-2H3,(H,20,23). The summed E-state index contributed by atoms with van der Waals surface area (Å²) in [5, 5.41) is 2.72. The summed E-state index contributed by atoms with van der Waals surface area (Å²) >= 11 is 0. The van der Waals surface area contributed by atoms with Gasteiger partial charge in [-0.25, -0.2) is 13.2 Å². The van der Waals surface area contributed by atoms with Gasteiger partial charge in [0.2, 0.25) is 0 Å². The van der Waals surface area contributed by atoms with E-state index < -0.39 is 10.0 Å². The topological polar surface area (TPSA) is 78.5 Å². The van der Waals surface area contributed by atoms with Crippen LogP contribution >= 0.6 is 0 Å². The van der Waals surface area contributed by atoms with Gasteiger partial charge in [0.05, 0.1) is 4.90 Å². The fourth-order valence-electron chi connectivity index (χ4n) is 2.85. The predicted octanol–water partition coefficient (Wildman–Crippen LogP) is 3.53. The first-order valence-electron chi connectivity index (χ1n) is 8.69. The first kappa shape index (κ1) is 18.3. The van der Waals surface area contributed by atoms with Gasteiger partial charge < -0.3 is 5.32 Å². The number of carbonyl (C=O) groups is 1. The van der Waals surface area contributed by atoms with Crippen LogP contribution in [0.15, 0.2) is 53.4 Å². The molecule has 1 unspecified atom stereocenters. The second-order valence-electron chi connectivity index (χ2n) is 6.41. The third-order valence-corrected chi connectivity index (χ3v) is 6.06. The van der Waals surface area contributed by atoms with Gasteiger partial charge in [-0.3, -0.25) is 9.62 Å². The third kappa shape index (κ3) is 3.83. The van der Waals surface area contributed by atoms with E-state index in [1.807, 2.05) is 12.1 Å². The smallest absolute Gasteiger partial charge is 0.321 e. The molecule has 1 aliphatic rings. The minimum absolute atomic E-state index is 0.159. The van der Waals surface area contributed by atoms with Gasteiger partial charge in [0, 0.05) is 24.5 Å². The molecule has 1 atom stereocenters. The molecule has 2 amide bonds. The second kappa shape index (κ2) is 7.37. The van der Waals surface area contributed by atoms with Gasteiger partial charge in [-0.05, 0) is 54.3 Å². The van der Waals surface area contributed by atoms with Gasteiger partial charge in [0.25, 0.3) is 10.0 Å². The molecule has 7 heteroatoms. The number of anilines is 2. The van der Waals surface area contributed by atoms with Gasteiger partial charge >= 0.3 is 6.03 Å². The molecule has 1 heterocycles. The van der Waals surface area contributed by atoms with E-state index in [-0.39, 0.29) is 10.9 Å². The van der Waals surface area contributed by atoms with Gasteiger partial charge in [0.1, 0.15) is 0 Å². The van der Waals surface area contributed by atoms with E-state index >= 15 is 0 Å². The molecule has 0 aliphatic carbocycles. The van der Waals surface area contributed by atoms with Crippen LogP contribution in [0.1, 0.15) is 31.7 Å². The van der Waals surface area contributed by atoms with E-state index in [2.05, 4.69) is 23.9 Å². The molecule has 0 spiro atoms. The van der Waals surface area contributed by atoms with Crippen molar-refractivity contribution in [2.75, 3.05) is 22.7 Å². The molecule has 0 radical (unpaired) electrons. The minimum Gasteiger partial charge on any atom is -0.336 e. The van der Waals surface area contributed by atoms with Crippen molar-refractivity contribution in [1.29, 1.82) is 0 Å². The van der Waals surface area contributed by atoms with Crippen LogP contribution in [0.3, 0.4) is 0 Å². The monoisotopic (exact) mass is 373 g/mol. The van der Waals surface area contributed by atoms with E-state index in [9.17, 15) is 13.2 Å². The minimum atomic E-state index is -3.67. The molecule has 6 nitrogen and oxygen atoms in total. The molecule has 0 aromatic heterocycles. The summed E-state index contributed by atoms with van der Waals surface area (Å²) in [4.78, 5) is 13.4. The molecule has 2 aromatic rings. The molecular weight excluding hydrogens is 350 g/mol. The van der Waals surface area contributed by atoms with Crippen LogP contribution < -0.4 is 14.9 Å². The molecule has 0 saturated carbocycles. The van der Waals surface area contributed by atoms with Crippen LogP contribution in [0.2, 0.25) is 0 Å². The van der Waals surface area contributed by atoms with E-state index in [0.717, 1.165) is 6.42 Å². The molecular formula is C19H23N3O3S. The quantitative estimate of drug-likeness (QED) is 0.813. The molecule has 2 aromatic carbocycles. The number of urea groups is 1. The molecule has 26 heavy (non-hydrogen) atoms. The Morgan fingerprint density at radius 1 is 1.12 bits per heavy atom. The Morgan fingerprint density at radius 2 is 1.77 bits per heavy atom. The average molecular weight is 373 g/mol. The van der Waals surface area contributed by atoms with Crippen LogP contribution in [0, 0.1) is 0 Å². The van der Waals surface area contributed by atoms with Crippen LogP contribution in [-0.2, 0) is 10.0 Å². The Labute approximate surface area is 154 Å². The molecule has 138 valence electrons. The summed E-state index contributed by atoms with van der Waals surface area (Å²) in [6, 6.07) is 13.6. The highest BCUT2D eigenvalue weighted by Gasteiger charge is 2.22. The van der Waals surface area contributed by atoms with Gasteiger partial charge in [-0.2, -0.15) is 0 Å². The van der Waals surface area contributed by atoms with E-state index in [1.165, 1.54) is 17.7 Å². The maximum atomic E-state index is 12.6. The maximum Gasteiger partial charge on any atom is 0.321 e. The highest BCUT2D eigenvalue weighted by atomic mass is 32.2. The zero-order valence-electron chi connectivity index (χ0n) is 14.9. The van der Waals surface area contributed by atoms with Crippen molar-refractivity contribution >= 4 is 27.4 Å². The van der Waals surface area contributed by atoms with Crippen LogP contribution in [0.5, 0.6) is 0 Å². The fraction of sp³-hybridized carbons (Fsp3) is 0.316. The Hall–Kier alpha value is -2.54. The molecule has 1 fully saturated rings. The number of carbonyl (C=O) groups excluding carboxylic acids is 1. The molecule has 2 N–H and O–H groups in total. The summed E-state index contributed by atoms with van der Waals surface area (Å²) in [6.45, 7) is 5.43. The Kier molecular flexibility index (Phi) is 5.18. The van der Waals surface area contributed by atoms with Gasteiger partial charge in [0.15, 0.2) is 0 Å². The number of hydrogen-bond acceptors (Lipinski definition) is 3. The Bertz CT molecular complexity index is 877. The number of rotatable bonds is 6. The van der Waals surface area contributed by atoms with Crippen molar-refractivity contribution < 1.29 is 13.2 Å². The number of benzene rings is 2. The Morgan fingerprint density at radius 3 is 2.31 bits per heavy atom. The van der Waals surface area contributed by atoms with Gasteiger partial charge in [-0.15, -0.1) is 0 Å². The highest BCUT2D eigenvalue weighted by molar-refractivity contribution is 7.92. The number of hydrogen-bond donors (Lipinski definition) is 2. The largest absolute Gasteiger partial charge is 0.336 e. The van der Waals surface area contributed by atoms with Crippen LogP contribution in [0.4, 0.5) is 16.2 Å². The lowest BCUT2D eigenvalue weighted by Gasteiger charge is -2.15. The van der Waals surface area contributed by atoms with Gasteiger partial charge in [-0.1, -0.05) is 26.0 Å². The summed E-state index contributed by atoms with van der Waals surface area (Å²) in [5.74, 6) is 0.441.